The minimum Gasteiger partial charge on any atom is -0.382 e. The Hall–Kier alpha value is -1.35. The van der Waals surface area contributed by atoms with Crippen molar-refractivity contribution < 1.29 is 0 Å². The van der Waals surface area contributed by atoms with Crippen LogP contribution in [0.25, 0.3) is 10.6 Å². The number of aromatic nitrogens is 1. The highest BCUT2D eigenvalue weighted by atomic mass is 32.1. The molecule has 2 aromatic rings. The number of hydrogen-bond acceptors (Lipinski definition) is 3. The van der Waals surface area contributed by atoms with E-state index in [2.05, 4.69) is 55.3 Å². The van der Waals surface area contributed by atoms with Crippen LogP contribution in [-0.4, -0.2) is 11.0 Å². The second kappa shape index (κ2) is 5.80. The largest absolute Gasteiger partial charge is 0.382 e. The number of anilines is 1. The van der Waals surface area contributed by atoms with Gasteiger partial charge in [0, 0.05) is 28.9 Å². The van der Waals surface area contributed by atoms with Gasteiger partial charge in [-0.3, -0.25) is 0 Å². The predicted molar refractivity (Wildman–Crippen MR) is 91.8 cm³/mol. The summed E-state index contributed by atoms with van der Waals surface area (Å²) in [7, 11) is 0. The van der Waals surface area contributed by atoms with Crippen LogP contribution in [0.5, 0.6) is 0 Å². The Labute approximate surface area is 131 Å². The van der Waals surface area contributed by atoms with Gasteiger partial charge >= 0.3 is 0 Å². The van der Waals surface area contributed by atoms with Crippen LogP contribution in [0.3, 0.4) is 0 Å². The van der Waals surface area contributed by atoms with Gasteiger partial charge in [-0.2, -0.15) is 0 Å². The molecule has 2 nitrogen and oxygen atoms in total. The van der Waals surface area contributed by atoms with Gasteiger partial charge in [0.1, 0.15) is 5.01 Å². The molecular weight excluding hydrogens is 276 g/mol. The summed E-state index contributed by atoms with van der Waals surface area (Å²) in [6.07, 6.45) is 5.74. The van der Waals surface area contributed by atoms with Crippen LogP contribution < -0.4 is 5.32 Å². The van der Waals surface area contributed by atoms with E-state index in [-0.39, 0.29) is 0 Å². The fraction of sp³-hybridized carbons (Fsp3) is 0.500. The Morgan fingerprint density at radius 2 is 2.19 bits per heavy atom. The van der Waals surface area contributed by atoms with Crippen LogP contribution in [0, 0.1) is 11.3 Å². The molecule has 21 heavy (non-hydrogen) atoms. The lowest BCUT2D eigenvalue weighted by molar-refractivity contribution is 0.177. The van der Waals surface area contributed by atoms with Gasteiger partial charge in [-0.05, 0) is 42.7 Å². The Bertz CT molecular complexity index is 589. The lowest BCUT2D eigenvalue weighted by Gasteiger charge is -2.40. The molecule has 1 heterocycles. The van der Waals surface area contributed by atoms with Gasteiger partial charge in [0.05, 0.1) is 0 Å². The zero-order valence-corrected chi connectivity index (χ0v) is 13.9. The Morgan fingerprint density at radius 3 is 2.90 bits per heavy atom. The molecule has 0 amide bonds. The van der Waals surface area contributed by atoms with Gasteiger partial charge in [-0.25, -0.2) is 4.98 Å². The van der Waals surface area contributed by atoms with Gasteiger partial charge in [0.15, 0.2) is 0 Å². The Kier molecular flexibility index (Phi) is 4.03. The topological polar surface area (TPSA) is 24.9 Å². The van der Waals surface area contributed by atoms with E-state index >= 15 is 0 Å². The van der Waals surface area contributed by atoms with Crippen molar-refractivity contribution in [2.45, 2.75) is 46.1 Å². The van der Waals surface area contributed by atoms with Gasteiger partial charge in [-0.1, -0.05) is 32.9 Å². The first-order chi connectivity index (χ1) is 10.0. The first-order valence-electron chi connectivity index (χ1n) is 7.80. The molecule has 0 spiro atoms. The van der Waals surface area contributed by atoms with Gasteiger partial charge in [0.25, 0.3) is 0 Å². The molecule has 1 aromatic carbocycles. The molecule has 2 atom stereocenters. The smallest absolute Gasteiger partial charge is 0.123 e. The average Bonchev–Trinajstić information content (AvgIpc) is 2.96. The zero-order valence-electron chi connectivity index (χ0n) is 13.1. The van der Waals surface area contributed by atoms with E-state index in [4.69, 9.17) is 0 Å². The summed E-state index contributed by atoms with van der Waals surface area (Å²) in [6, 6.07) is 9.24. The van der Waals surface area contributed by atoms with E-state index in [9.17, 15) is 0 Å². The predicted octanol–water partition coefficient (Wildman–Crippen LogP) is 5.44. The summed E-state index contributed by atoms with van der Waals surface area (Å²) < 4.78 is 0. The van der Waals surface area contributed by atoms with Crippen LogP contribution in [0.15, 0.2) is 35.8 Å². The molecule has 1 saturated carbocycles. The molecule has 0 saturated heterocycles. The maximum Gasteiger partial charge on any atom is 0.123 e. The van der Waals surface area contributed by atoms with Crippen molar-refractivity contribution >= 4 is 17.0 Å². The first-order valence-corrected chi connectivity index (χ1v) is 8.68. The Morgan fingerprint density at radius 1 is 1.33 bits per heavy atom. The first kappa shape index (κ1) is 14.6. The molecule has 0 radical (unpaired) electrons. The summed E-state index contributed by atoms with van der Waals surface area (Å²) in [5, 5.41) is 6.87. The molecule has 3 heteroatoms. The Balaban J connectivity index is 1.72. The third kappa shape index (κ3) is 3.46. The minimum absolute atomic E-state index is 0.500. The second-order valence-corrected chi connectivity index (χ2v) is 7.95. The van der Waals surface area contributed by atoms with Crippen LogP contribution in [0.4, 0.5) is 5.69 Å². The van der Waals surface area contributed by atoms with Crippen molar-refractivity contribution in [3.8, 4) is 10.6 Å². The second-order valence-electron chi connectivity index (χ2n) is 7.05. The molecule has 3 rings (SSSR count). The maximum absolute atomic E-state index is 4.40. The fourth-order valence-corrected chi connectivity index (χ4v) is 4.12. The average molecular weight is 300 g/mol. The van der Waals surface area contributed by atoms with Crippen LogP contribution in [-0.2, 0) is 0 Å². The summed E-state index contributed by atoms with van der Waals surface area (Å²) in [4.78, 5) is 4.40. The number of nitrogens with zero attached hydrogens (tertiary/aromatic N) is 1. The normalized spacial score (nSPS) is 24.7. The van der Waals surface area contributed by atoms with Crippen molar-refractivity contribution in [2.24, 2.45) is 11.3 Å². The molecule has 112 valence electrons. The summed E-state index contributed by atoms with van der Waals surface area (Å²) >= 11 is 1.69. The van der Waals surface area contributed by atoms with Crippen molar-refractivity contribution in [1.29, 1.82) is 0 Å². The van der Waals surface area contributed by atoms with E-state index in [0.29, 0.717) is 11.5 Å². The van der Waals surface area contributed by atoms with Gasteiger partial charge in [0.2, 0.25) is 0 Å². The van der Waals surface area contributed by atoms with E-state index < -0.39 is 0 Å². The highest BCUT2D eigenvalue weighted by molar-refractivity contribution is 7.13. The lowest BCUT2D eigenvalue weighted by atomic mass is 9.70. The van der Waals surface area contributed by atoms with Crippen molar-refractivity contribution in [3.63, 3.8) is 0 Å². The molecule has 0 aliphatic heterocycles. The monoisotopic (exact) mass is 300 g/mol. The quantitative estimate of drug-likeness (QED) is 0.816. The van der Waals surface area contributed by atoms with Crippen molar-refractivity contribution in [3.05, 3.63) is 35.8 Å². The summed E-state index contributed by atoms with van der Waals surface area (Å²) in [5.41, 5.74) is 2.93. The summed E-state index contributed by atoms with van der Waals surface area (Å²) in [5.74, 6) is 0.720. The molecular formula is C18H24N2S. The zero-order chi connectivity index (χ0) is 14.9. The number of rotatable bonds is 3. The standard InChI is InChI=1S/C18H24N2S/c1-13-12-18(2,3)8-7-16(13)20-15-6-4-5-14(11-15)17-19-9-10-21-17/h4-6,9-11,13,16,20H,7-8,12H2,1-3H3. The highest BCUT2D eigenvalue weighted by Gasteiger charge is 2.32. The van der Waals surface area contributed by atoms with Crippen LogP contribution >= 0.6 is 11.3 Å². The minimum atomic E-state index is 0.500. The maximum atomic E-state index is 4.40. The van der Waals surface area contributed by atoms with E-state index in [1.54, 1.807) is 11.3 Å². The summed E-state index contributed by atoms with van der Waals surface area (Å²) in [6.45, 7) is 7.16. The molecule has 1 aliphatic carbocycles. The van der Waals surface area contributed by atoms with Crippen LogP contribution in [0.1, 0.15) is 40.0 Å². The van der Waals surface area contributed by atoms with Crippen molar-refractivity contribution in [2.75, 3.05) is 5.32 Å². The SMILES string of the molecule is CC1CC(C)(C)CCC1Nc1cccc(-c2nccs2)c1. The molecule has 1 N–H and O–H groups in total. The van der Waals surface area contributed by atoms with Gasteiger partial charge in [-0.15, -0.1) is 11.3 Å². The highest BCUT2D eigenvalue weighted by Crippen LogP contribution is 2.39. The number of hydrogen-bond donors (Lipinski definition) is 1. The third-order valence-electron chi connectivity index (χ3n) is 4.59. The molecule has 0 bridgehead atoms. The third-order valence-corrected chi connectivity index (χ3v) is 5.41. The van der Waals surface area contributed by atoms with E-state index in [1.165, 1.54) is 30.5 Å². The molecule has 1 aromatic heterocycles. The number of nitrogens with one attached hydrogen (secondary N) is 1. The van der Waals surface area contributed by atoms with Crippen molar-refractivity contribution in [1.82, 2.24) is 4.98 Å². The van der Waals surface area contributed by atoms with Gasteiger partial charge < -0.3 is 5.32 Å². The molecule has 1 fully saturated rings. The van der Waals surface area contributed by atoms with E-state index in [1.807, 2.05) is 11.6 Å². The molecule has 2 unspecified atom stereocenters. The lowest BCUT2D eigenvalue weighted by Crippen LogP contribution is -2.36. The van der Waals surface area contributed by atoms with Crippen LogP contribution in [0.2, 0.25) is 0 Å². The molecule has 1 aliphatic rings. The fourth-order valence-electron chi connectivity index (χ4n) is 3.48. The number of benzene rings is 1. The van der Waals surface area contributed by atoms with E-state index in [0.717, 1.165) is 10.9 Å². The number of thiazole rings is 1.